The molecule has 0 saturated carbocycles. The van der Waals surface area contributed by atoms with Gasteiger partial charge in [-0.15, -0.1) is 0 Å². The molecule has 0 aliphatic carbocycles. The van der Waals surface area contributed by atoms with Crippen LogP contribution in [0.4, 0.5) is 0 Å². The fourth-order valence-electron chi connectivity index (χ4n) is 2.02. The highest BCUT2D eigenvalue weighted by atomic mass is 16.5. The molecule has 1 aromatic carbocycles. The number of carbonyl (C=O) groups excluding carboxylic acids is 1. The van der Waals surface area contributed by atoms with Crippen molar-refractivity contribution in [2.75, 3.05) is 6.61 Å². The van der Waals surface area contributed by atoms with E-state index in [1.807, 2.05) is 55.8 Å². The normalized spacial score (nSPS) is 11.8. The number of hydrogen-bond acceptors (Lipinski definition) is 2. The summed E-state index contributed by atoms with van der Waals surface area (Å²) in [6, 6.07) is 8.06. The van der Waals surface area contributed by atoms with E-state index in [9.17, 15) is 4.79 Å². The third-order valence-electron chi connectivity index (χ3n) is 3.37. The average Bonchev–Trinajstić information content (AvgIpc) is 2.78. The Morgan fingerprint density at radius 2 is 2.00 bits per heavy atom. The minimum atomic E-state index is -0.305. The second-order valence-electron chi connectivity index (χ2n) is 6.19. The lowest BCUT2D eigenvalue weighted by Crippen LogP contribution is -2.24. The standard InChI is InChI=1S/C17H23NO2/c1-5-10-20-14-6-7-15-13(11-14)8-9-18(15)12-16(19)17(2,3)4/h6-9,11H,5,10,12H2,1-4H3. The van der Waals surface area contributed by atoms with Crippen LogP contribution in [-0.2, 0) is 11.3 Å². The van der Waals surface area contributed by atoms with Crippen LogP contribution in [0.3, 0.4) is 0 Å². The number of carbonyl (C=O) groups is 1. The van der Waals surface area contributed by atoms with Gasteiger partial charge in [-0.1, -0.05) is 27.7 Å². The van der Waals surface area contributed by atoms with E-state index in [2.05, 4.69) is 6.92 Å². The van der Waals surface area contributed by atoms with E-state index in [0.717, 1.165) is 29.7 Å². The summed E-state index contributed by atoms with van der Waals surface area (Å²) >= 11 is 0. The van der Waals surface area contributed by atoms with E-state index in [-0.39, 0.29) is 11.2 Å². The number of Topliss-reactive ketones (excluding diaryl/α,β-unsaturated/α-hetero) is 1. The Bertz CT molecular complexity index is 605. The van der Waals surface area contributed by atoms with E-state index in [1.54, 1.807) is 0 Å². The lowest BCUT2D eigenvalue weighted by Gasteiger charge is -2.17. The van der Waals surface area contributed by atoms with Crippen molar-refractivity contribution in [1.29, 1.82) is 0 Å². The highest BCUT2D eigenvalue weighted by Crippen LogP contribution is 2.24. The molecule has 0 N–H and O–H groups in total. The number of aromatic nitrogens is 1. The SMILES string of the molecule is CCCOc1ccc2c(ccn2CC(=O)C(C)(C)C)c1. The Labute approximate surface area is 120 Å². The Morgan fingerprint density at radius 3 is 2.65 bits per heavy atom. The average molecular weight is 273 g/mol. The largest absolute Gasteiger partial charge is 0.494 e. The smallest absolute Gasteiger partial charge is 0.157 e. The molecule has 0 amide bonds. The molecule has 20 heavy (non-hydrogen) atoms. The van der Waals surface area contributed by atoms with Gasteiger partial charge in [0, 0.05) is 22.5 Å². The first-order valence-electron chi connectivity index (χ1n) is 7.17. The van der Waals surface area contributed by atoms with Gasteiger partial charge in [0.15, 0.2) is 5.78 Å². The van der Waals surface area contributed by atoms with Crippen molar-refractivity contribution < 1.29 is 9.53 Å². The third-order valence-corrected chi connectivity index (χ3v) is 3.37. The van der Waals surface area contributed by atoms with Gasteiger partial charge in [-0.25, -0.2) is 0 Å². The van der Waals surface area contributed by atoms with E-state index in [0.29, 0.717) is 6.54 Å². The van der Waals surface area contributed by atoms with Gasteiger partial charge in [0.05, 0.1) is 13.2 Å². The molecule has 0 aliphatic heterocycles. The first-order valence-corrected chi connectivity index (χ1v) is 7.17. The highest BCUT2D eigenvalue weighted by molar-refractivity contribution is 5.87. The summed E-state index contributed by atoms with van der Waals surface area (Å²) in [5.74, 6) is 1.13. The summed E-state index contributed by atoms with van der Waals surface area (Å²) in [5.41, 5.74) is 0.771. The number of rotatable bonds is 5. The van der Waals surface area contributed by atoms with Gasteiger partial charge in [0.25, 0.3) is 0 Å². The number of ether oxygens (including phenoxy) is 1. The fraction of sp³-hybridized carbons (Fsp3) is 0.471. The van der Waals surface area contributed by atoms with Gasteiger partial charge in [-0.3, -0.25) is 4.79 Å². The first-order chi connectivity index (χ1) is 9.41. The number of ketones is 1. The topological polar surface area (TPSA) is 31.2 Å². The monoisotopic (exact) mass is 273 g/mol. The molecule has 2 aromatic rings. The molecule has 0 unspecified atom stereocenters. The van der Waals surface area contributed by atoms with Crippen molar-refractivity contribution in [3.8, 4) is 5.75 Å². The minimum Gasteiger partial charge on any atom is -0.494 e. The molecule has 3 nitrogen and oxygen atoms in total. The van der Waals surface area contributed by atoms with E-state index in [1.165, 1.54) is 0 Å². The molecule has 1 heterocycles. The van der Waals surface area contributed by atoms with Crippen LogP contribution in [0, 0.1) is 5.41 Å². The molecule has 3 heteroatoms. The molecule has 108 valence electrons. The Balaban J connectivity index is 2.22. The summed E-state index contributed by atoms with van der Waals surface area (Å²) in [7, 11) is 0. The number of fused-ring (bicyclic) bond motifs is 1. The van der Waals surface area contributed by atoms with Crippen molar-refractivity contribution in [3.05, 3.63) is 30.5 Å². The summed E-state index contributed by atoms with van der Waals surface area (Å²) in [4.78, 5) is 12.1. The molecule has 0 fully saturated rings. The predicted octanol–water partition coefficient (Wildman–Crippen LogP) is 4.05. The van der Waals surface area contributed by atoms with Gasteiger partial charge < -0.3 is 9.30 Å². The van der Waals surface area contributed by atoms with Crippen LogP contribution in [0.2, 0.25) is 0 Å². The van der Waals surface area contributed by atoms with Crippen LogP contribution >= 0.6 is 0 Å². The maximum atomic E-state index is 12.1. The van der Waals surface area contributed by atoms with Gasteiger partial charge in [0.1, 0.15) is 5.75 Å². The molecule has 0 bridgehead atoms. The zero-order chi connectivity index (χ0) is 14.8. The van der Waals surface area contributed by atoms with Crippen molar-refractivity contribution >= 4 is 16.7 Å². The van der Waals surface area contributed by atoms with Crippen molar-refractivity contribution in [1.82, 2.24) is 4.57 Å². The maximum Gasteiger partial charge on any atom is 0.157 e. The van der Waals surface area contributed by atoms with E-state index >= 15 is 0 Å². The van der Waals surface area contributed by atoms with Crippen LogP contribution in [0.15, 0.2) is 30.5 Å². The molecule has 0 atom stereocenters. The van der Waals surface area contributed by atoms with Crippen molar-refractivity contribution in [3.63, 3.8) is 0 Å². The van der Waals surface area contributed by atoms with Gasteiger partial charge in [0.2, 0.25) is 0 Å². The zero-order valence-electron chi connectivity index (χ0n) is 12.8. The van der Waals surface area contributed by atoms with Crippen LogP contribution in [0.25, 0.3) is 10.9 Å². The van der Waals surface area contributed by atoms with Crippen molar-refractivity contribution in [2.45, 2.75) is 40.7 Å². The molecule has 0 aliphatic rings. The summed E-state index contributed by atoms with van der Waals surface area (Å²) < 4.78 is 7.64. The minimum absolute atomic E-state index is 0.237. The van der Waals surface area contributed by atoms with Gasteiger partial charge >= 0.3 is 0 Å². The third kappa shape index (κ3) is 3.21. The van der Waals surface area contributed by atoms with Crippen LogP contribution < -0.4 is 4.74 Å². The zero-order valence-corrected chi connectivity index (χ0v) is 12.8. The van der Waals surface area contributed by atoms with Crippen molar-refractivity contribution in [2.24, 2.45) is 5.41 Å². The molecule has 0 spiro atoms. The van der Waals surface area contributed by atoms with Crippen LogP contribution in [-0.4, -0.2) is 17.0 Å². The molecular formula is C17H23NO2. The van der Waals surface area contributed by atoms with E-state index < -0.39 is 0 Å². The van der Waals surface area contributed by atoms with Gasteiger partial charge in [-0.05, 0) is 30.7 Å². The number of nitrogens with zero attached hydrogens (tertiary/aromatic N) is 1. The quantitative estimate of drug-likeness (QED) is 0.823. The predicted molar refractivity (Wildman–Crippen MR) is 82.2 cm³/mol. The highest BCUT2D eigenvalue weighted by Gasteiger charge is 2.21. The number of hydrogen-bond donors (Lipinski definition) is 0. The molecule has 0 saturated heterocycles. The Kier molecular flexibility index (Phi) is 4.17. The lowest BCUT2D eigenvalue weighted by molar-refractivity contribution is -0.126. The second kappa shape index (κ2) is 5.70. The lowest BCUT2D eigenvalue weighted by atomic mass is 9.91. The molecule has 1 aromatic heterocycles. The number of benzene rings is 1. The first kappa shape index (κ1) is 14.6. The van der Waals surface area contributed by atoms with E-state index in [4.69, 9.17) is 4.74 Å². The second-order valence-corrected chi connectivity index (χ2v) is 6.19. The van der Waals surface area contributed by atoms with Crippen LogP contribution in [0.5, 0.6) is 5.75 Å². The summed E-state index contributed by atoms with van der Waals surface area (Å²) in [6.45, 7) is 9.11. The summed E-state index contributed by atoms with van der Waals surface area (Å²) in [6.07, 6.45) is 2.97. The molecule has 0 radical (unpaired) electrons. The molecule has 2 rings (SSSR count). The Hall–Kier alpha value is -1.77. The fourth-order valence-corrected chi connectivity index (χ4v) is 2.02. The van der Waals surface area contributed by atoms with Gasteiger partial charge in [-0.2, -0.15) is 0 Å². The Morgan fingerprint density at radius 1 is 1.25 bits per heavy atom. The maximum absolute atomic E-state index is 12.1. The summed E-state index contributed by atoms with van der Waals surface area (Å²) in [5, 5.41) is 1.11. The molecular weight excluding hydrogens is 250 g/mol. The van der Waals surface area contributed by atoms with Crippen LogP contribution in [0.1, 0.15) is 34.1 Å².